The van der Waals surface area contributed by atoms with Crippen molar-refractivity contribution in [2.24, 2.45) is 0 Å². The van der Waals surface area contributed by atoms with E-state index < -0.39 is 48.0 Å². The molecule has 4 rings (SSSR count). The Kier molecular flexibility index (Phi) is 5.34. The van der Waals surface area contributed by atoms with E-state index in [1.807, 2.05) is 0 Å². The lowest BCUT2D eigenvalue weighted by atomic mass is 10.00. The van der Waals surface area contributed by atoms with Gasteiger partial charge in [0, 0.05) is 24.3 Å². The molecule has 0 spiro atoms. The molecular weight excluding hydrogens is 428 g/mol. The van der Waals surface area contributed by atoms with Crippen molar-refractivity contribution in [1.82, 2.24) is 0 Å². The van der Waals surface area contributed by atoms with Crippen LogP contribution in [0.5, 0.6) is 34.5 Å². The minimum atomic E-state index is -1.65. The topological polar surface area (TPSA) is 192 Å². The summed E-state index contributed by atoms with van der Waals surface area (Å²) in [6.45, 7) is 1.46. The molecule has 0 radical (unpaired) electrons. The van der Waals surface area contributed by atoms with E-state index in [2.05, 4.69) is 0 Å². The van der Waals surface area contributed by atoms with E-state index in [0.717, 1.165) is 18.2 Å². The van der Waals surface area contributed by atoms with E-state index in [1.165, 1.54) is 19.1 Å². The number of hydrogen-bond acceptors (Lipinski definition) is 10. The van der Waals surface area contributed by atoms with Crippen molar-refractivity contribution in [3.05, 3.63) is 30.3 Å². The third kappa shape index (κ3) is 3.67. The van der Waals surface area contributed by atoms with Crippen molar-refractivity contribution in [3.63, 3.8) is 0 Å². The second kappa shape index (κ2) is 7.88. The third-order valence-electron chi connectivity index (χ3n) is 5.20. The van der Waals surface area contributed by atoms with Gasteiger partial charge in [-0.05, 0) is 6.92 Å². The van der Waals surface area contributed by atoms with E-state index in [9.17, 15) is 40.9 Å². The van der Waals surface area contributed by atoms with Gasteiger partial charge in [0.05, 0.1) is 17.7 Å². The highest BCUT2D eigenvalue weighted by Crippen LogP contribution is 2.44. The molecule has 2 aromatic carbocycles. The summed E-state index contributed by atoms with van der Waals surface area (Å²) in [4.78, 5) is 0. The number of ether oxygens (including phenoxy) is 2. The summed E-state index contributed by atoms with van der Waals surface area (Å²) in [5.74, 6) is -3.04. The van der Waals surface area contributed by atoms with Gasteiger partial charge in [-0.2, -0.15) is 0 Å². The molecule has 11 nitrogen and oxygen atoms in total. The summed E-state index contributed by atoms with van der Waals surface area (Å²) in [6, 6.07) is 5.69. The van der Waals surface area contributed by atoms with Gasteiger partial charge >= 0.3 is 11.3 Å². The number of aliphatic hydroxyl groups excluding tert-OH is 3. The van der Waals surface area contributed by atoms with Gasteiger partial charge < -0.3 is 50.3 Å². The van der Waals surface area contributed by atoms with Crippen LogP contribution in [-0.2, 0) is 4.74 Å². The summed E-state index contributed by atoms with van der Waals surface area (Å²) in [7, 11) is 0. The fourth-order valence-corrected chi connectivity index (χ4v) is 3.44. The van der Waals surface area contributed by atoms with Crippen molar-refractivity contribution >= 4 is 11.0 Å². The second-order valence-corrected chi connectivity index (χ2v) is 7.48. The summed E-state index contributed by atoms with van der Waals surface area (Å²) >= 11 is 0. The van der Waals surface area contributed by atoms with Crippen LogP contribution in [0.15, 0.2) is 34.7 Å². The fraction of sp³-hybridized carbons (Fsp3) is 0.286. The number of rotatable bonds is 3. The Morgan fingerprint density at radius 1 is 0.812 bits per heavy atom. The van der Waals surface area contributed by atoms with Gasteiger partial charge in [0.25, 0.3) is 0 Å². The molecule has 3 aromatic rings. The van der Waals surface area contributed by atoms with E-state index in [4.69, 9.17) is 13.9 Å². The molecule has 1 fully saturated rings. The van der Waals surface area contributed by atoms with Gasteiger partial charge in [-0.25, -0.2) is 4.42 Å². The lowest BCUT2D eigenvalue weighted by Crippen LogP contribution is -2.58. The Morgan fingerprint density at radius 3 is 2.12 bits per heavy atom. The van der Waals surface area contributed by atoms with Gasteiger partial charge in [-0.3, -0.25) is 0 Å². The lowest BCUT2D eigenvalue weighted by Gasteiger charge is -2.38. The smallest absolute Gasteiger partial charge is 0.402 e. The standard InChI is InChI=1S/C21H20O11/c1-7-16(26)18(28)19(29)21(30-7)32-15-6-10-11(23)4-9(22)5-14(10)31-20(15)8-2-12(24)17(27)13(25)3-8/h2-7,16,18-19,21,26,28-29H,1H3,(H4-,22,23,24,25,27)/p+1/t7-,16-,18+,19+,21-/m0/s1. The van der Waals surface area contributed by atoms with Gasteiger partial charge in [-0.15, -0.1) is 0 Å². The molecule has 1 aromatic heterocycles. The predicted molar refractivity (Wildman–Crippen MR) is 107 cm³/mol. The average Bonchev–Trinajstić information content (AvgIpc) is 2.73. The average molecular weight is 449 g/mol. The first-order valence-electron chi connectivity index (χ1n) is 9.51. The second-order valence-electron chi connectivity index (χ2n) is 7.48. The molecule has 2 heterocycles. The quantitative estimate of drug-likeness (QED) is 0.211. The molecule has 32 heavy (non-hydrogen) atoms. The molecule has 5 atom stereocenters. The summed E-state index contributed by atoms with van der Waals surface area (Å²) < 4.78 is 16.9. The van der Waals surface area contributed by atoms with E-state index in [0.29, 0.717) is 0 Å². The van der Waals surface area contributed by atoms with Crippen molar-refractivity contribution in [1.29, 1.82) is 0 Å². The molecule has 1 saturated heterocycles. The molecular formula is C21H21O11+. The van der Waals surface area contributed by atoms with E-state index >= 15 is 0 Å². The Balaban J connectivity index is 1.87. The molecule has 0 amide bonds. The monoisotopic (exact) mass is 449 g/mol. The zero-order chi connectivity index (χ0) is 23.3. The number of hydrogen-bond donors (Lipinski definition) is 8. The van der Waals surface area contributed by atoms with E-state index in [-0.39, 0.29) is 39.5 Å². The molecule has 0 aliphatic carbocycles. The largest absolute Gasteiger partial charge is 0.507 e. The van der Waals surface area contributed by atoms with Crippen LogP contribution in [0.2, 0.25) is 0 Å². The van der Waals surface area contributed by atoms with Crippen LogP contribution in [0.1, 0.15) is 6.92 Å². The van der Waals surface area contributed by atoms with Crippen LogP contribution in [-0.4, -0.2) is 71.6 Å². The Hall–Kier alpha value is -3.51. The number of benzene rings is 2. The minimum absolute atomic E-state index is 0.00541. The lowest BCUT2D eigenvalue weighted by molar-refractivity contribution is -0.268. The molecule has 1 aliphatic rings. The maximum Gasteiger partial charge on any atom is 0.402 e. The summed E-state index contributed by atoms with van der Waals surface area (Å²) in [6.07, 6.45) is -6.94. The van der Waals surface area contributed by atoms with Crippen LogP contribution in [0.3, 0.4) is 0 Å². The van der Waals surface area contributed by atoms with Crippen molar-refractivity contribution < 1.29 is 54.7 Å². The highest BCUT2D eigenvalue weighted by molar-refractivity contribution is 5.88. The Morgan fingerprint density at radius 2 is 1.47 bits per heavy atom. The van der Waals surface area contributed by atoms with Crippen molar-refractivity contribution in [2.75, 3.05) is 0 Å². The minimum Gasteiger partial charge on any atom is -0.507 e. The van der Waals surface area contributed by atoms with Gasteiger partial charge in [0.2, 0.25) is 12.0 Å². The van der Waals surface area contributed by atoms with Crippen LogP contribution >= 0.6 is 0 Å². The van der Waals surface area contributed by atoms with Gasteiger partial charge in [-0.1, -0.05) is 0 Å². The van der Waals surface area contributed by atoms with E-state index in [1.54, 1.807) is 0 Å². The van der Waals surface area contributed by atoms with Crippen LogP contribution in [0, 0.1) is 0 Å². The first kappa shape index (κ1) is 21.7. The fourth-order valence-electron chi connectivity index (χ4n) is 3.44. The maximum absolute atomic E-state index is 10.3. The molecule has 11 heteroatoms. The molecule has 0 bridgehead atoms. The first-order chi connectivity index (χ1) is 15.1. The molecule has 0 saturated carbocycles. The number of aromatic hydroxyl groups is 5. The normalized spacial score (nSPS) is 25.7. The molecule has 0 unspecified atom stereocenters. The summed E-state index contributed by atoms with van der Waals surface area (Å²) in [5.41, 5.74) is 0.0299. The number of aliphatic hydroxyl groups is 3. The molecule has 170 valence electrons. The highest BCUT2D eigenvalue weighted by Gasteiger charge is 2.44. The van der Waals surface area contributed by atoms with Crippen molar-refractivity contribution in [2.45, 2.75) is 37.6 Å². The Labute approximate surface area is 180 Å². The maximum atomic E-state index is 10.3. The number of phenolic OH excluding ortho intramolecular Hbond substituents is 5. The van der Waals surface area contributed by atoms with Crippen LogP contribution in [0.4, 0.5) is 0 Å². The zero-order valence-electron chi connectivity index (χ0n) is 16.6. The van der Waals surface area contributed by atoms with Crippen molar-refractivity contribution in [3.8, 4) is 45.8 Å². The first-order valence-corrected chi connectivity index (χ1v) is 9.51. The van der Waals surface area contributed by atoms with Gasteiger partial charge in [0.15, 0.2) is 17.2 Å². The zero-order valence-corrected chi connectivity index (χ0v) is 16.6. The van der Waals surface area contributed by atoms with Gasteiger partial charge in [0.1, 0.15) is 35.2 Å². The summed E-state index contributed by atoms with van der Waals surface area (Å²) in [5, 5.41) is 79.7. The predicted octanol–water partition coefficient (Wildman–Crippen LogP) is 1.12. The van der Waals surface area contributed by atoms with Crippen LogP contribution in [0.25, 0.3) is 22.3 Å². The third-order valence-corrected chi connectivity index (χ3v) is 5.20. The number of fused-ring (bicyclic) bond motifs is 1. The molecule has 1 aliphatic heterocycles. The molecule has 8 N–H and O–H groups in total. The SMILES string of the molecule is C[C@@H]1O[C@@H](Oc2cc3c(O)cc(O)cc3[o+]c2-c2cc(O)c(O)c(O)c2)[C@H](O)[C@H](O)[C@H]1O. The number of phenols is 5. The van der Waals surface area contributed by atoms with Crippen LogP contribution < -0.4 is 4.74 Å². The highest BCUT2D eigenvalue weighted by atomic mass is 16.7. The Bertz CT molecular complexity index is 1160.